The molecule has 1 aliphatic carbocycles. The summed E-state index contributed by atoms with van der Waals surface area (Å²) in [5, 5.41) is 4.02. The SMILES string of the molecule is CCCNC(CS(=O)C1CCCC1)c1ccccc1C. The molecular weight excluding hydrogens is 266 g/mol. The van der Waals surface area contributed by atoms with Crippen molar-refractivity contribution in [1.82, 2.24) is 5.32 Å². The van der Waals surface area contributed by atoms with Crippen molar-refractivity contribution in [2.24, 2.45) is 0 Å². The highest BCUT2D eigenvalue weighted by molar-refractivity contribution is 7.85. The molecule has 1 N–H and O–H groups in total. The van der Waals surface area contributed by atoms with Gasteiger partial charge in [-0.1, -0.05) is 44.0 Å². The van der Waals surface area contributed by atoms with Crippen LogP contribution in [0.5, 0.6) is 0 Å². The van der Waals surface area contributed by atoms with Crippen LogP contribution in [-0.2, 0) is 10.8 Å². The molecule has 20 heavy (non-hydrogen) atoms. The molecule has 1 aromatic carbocycles. The fourth-order valence-corrected chi connectivity index (χ4v) is 4.76. The van der Waals surface area contributed by atoms with Gasteiger partial charge >= 0.3 is 0 Å². The zero-order valence-electron chi connectivity index (χ0n) is 12.7. The molecule has 1 fully saturated rings. The molecule has 2 unspecified atom stereocenters. The van der Waals surface area contributed by atoms with E-state index in [1.807, 2.05) is 0 Å². The Bertz CT molecular complexity index is 440. The summed E-state index contributed by atoms with van der Waals surface area (Å²) in [5.41, 5.74) is 2.61. The Balaban J connectivity index is 2.07. The largest absolute Gasteiger partial charge is 0.309 e. The second-order valence-corrected chi connectivity index (χ2v) is 7.58. The van der Waals surface area contributed by atoms with Crippen LogP contribution in [0.25, 0.3) is 0 Å². The quantitative estimate of drug-likeness (QED) is 0.830. The molecule has 0 bridgehead atoms. The summed E-state index contributed by atoms with van der Waals surface area (Å²) in [6.07, 6.45) is 5.93. The molecule has 0 amide bonds. The second-order valence-electron chi connectivity index (χ2n) is 5.82. The number of rotatable bonds is 7. The van der Waals surface area contributed by atoms with Crippen LogP contribution in [0.4, 0.5) is 0 Å². The molecule has 0 radical (unpaired) electrons. The standard InChI is InChI=1S/C17H27NOS/c1-3-12-18-17(16-11-7-4-8-14(16)2)13-20(19)15-9-5-6-10-15/h4,7-8,11,15,17-18H,3,5-6,9-10,12-13H2,1-2H3. The monoisotopic (exact) mass is 293 g/mol. The predicted molar refractivity (Wildman–Crippen MR) is 87.5 cm³/mol. The third-order valence-electron chi connectivity index (χ3n) is 4.21. The predicted octanol–water partition coefficient (Wildman–Crippen LogP) is 3.73. The van der Waals surface area contributed by atoms with Gasteiger partial charge in [-0.3, -0.25) is 4.21 Å². The molecule has 2 atom stereocenters. The third kappa shape index (κ3) is 4.16. The van der Waals surface area contributed by atoms with Crippen molar-refractivity contribution in [3.63, 3.8) is 0 Å². The normalized spacial score (nSPS) is 19.1. The molecule has 3 heteroatoms. The highest BCUT2D eigenvalue weighted by atomic mass is 32.2. The van der Waals surface area contributed by atoms with Gasteiger partial charge in [-0.05, 0) is 43.9 Å². The highest BCUT2D eigenvalue weighted by Gasteiger charge is 2.24. The molecule has 2 rings (SSSR count). The van der Waals surface area contributed by atoms with Crippen LogP contribution in [0, 0.1) is 6.92 Å². The Hall–Kier alpha value is -0.670. The Labute approximate surface area is 125 Å². The van der Waals surface area contributed by atoms with E-state index in [1.54, 1.807) is 0 Å². The lowest BCUT2D eigenvalue weighted by Crippen LogP contribution is -2.30. The molecule has 1 aliphatic rings. The summed E-state index contributed by atoms with van der Waals surface area (Å²) in [7, 11) is -0.700. The third-order valence-corrected chi connectivity index (χ3v) is 6.09. The summed E-state index contributed by atoms with van der Waals surface area (Å²) >= 11 is 0. The van der Waals surface area contributed by atoms with Crippen LogP contribution in [0.2, 0.25) is 0 Å². The average molecular weight is 293 g/mol. The molecule has 1 aromatic rings. The maximum Gasteiger partial charge on any atom is 0.0439 e. The van der Waals surface area contributed by atoms with Crippen LogP contribution < -0.4 is 5.32 Å². The van der Waals surface area contributed by atoms with E-state index >= 15 is 0 Å². The van der Waals surface area contributed by atoms with E-state index in [0.29, 0.717) is 5.25 Å². The summed E-state index contributed by atoms with van der Waals surface area (Å²) < 4.78 is 12.6. The van der Waals surface area contributed by atoms with Crippen LogP contribution in [0.3, 0.4) is 0 Å². The van der Waals surface area contributed by atoms with E-state index in [-0.39, 0.29) is 6.04 Å². The fraction of sp³-hybridized carbons (Fsp3) is 0.647. The number of aryl methyl sites for hydroxylation is 1. The van der Waals surface area contributed by atoms with Crippen molar-refractivity contribution in [3.8, 4) is 0 Å². The minimum absolute atomic E-state index is 0.234. The van der Waals surface area contributed by atoms with E-state index in [2.05, 4.69) is 43.4 Å². The Morgan fingerprint density at radius 1 is 1.30 bits per heavy atom. The summed E-state index contributed by atoms with van der Waals surface area (Å²) in [4.78, 5) is 0. The van der Waals surface area contributed by atoms with Crippen LogP contribution >= 0.6 is 0 Å². The van der Waals surface area contributed by atoms with Crippen molar-refractivity contribution < 1.29 is 4.21 Å². The molecule has 2 nitrogen and oxygen atoms in total. The van der Waals surface area contributed by atoms with E-state index < -0.39 is 10.8 Å². The first kappa shape index (κ1) is 15.7. The molecule has 1 saturated carbocycles. The maximum atomic E-state index is 12.6. The van der Waals surface area contributed by atoms with Gasteiger partial charge in [0.2, 0.25) is 0 Å². The Morgan fingerprint density at radius 3 is 2.65 bits per heavy atom. The van der Waals surface area contributed by atoms with E-state index in [9.17, 15) is 4.21 Å². The van der Waals surface area contributed by atoms with Gasteiger partial charge in [0.1, 0.15) is 0 Å². The summed E-state index contributed by atoms with van der Waals surface area (Å²) in [6, 6.07) is 8.71. The highest BCUT2D eigenvalue weighted by Crippen LogP contribution is 2.26. The lowest BCUT2D eigenvalue weighted by atomic mass is 10.0. The van der Waals surface area contributed by atoms with Crippen LogP contribution in [0.1, 0.15) is 56.2 Å². The van der Waals surface area contributed by atoms with Crippen molar-refractivity contribution in [3.05, 3.63) is 35.4 Å². The fourth-order valence-electron chi connectivity index (χ4n) is 3.01. The van der Waals surface area contributed by atoms with E-state index in [0.717, 1.165) is 31.6 Å². The minimum Gasteiger partial charge on any atom is -0.309 e. The van der Waals surface area contributed by atoms with Crippen molar-refractivity contribution in [2.45, 2.75) is 57.2 Å². The van der Waals surface area contributed by atoms with Gasteiger partial charge < -0.3 is 5.32 Å². The average Bonchev–Trinajstić information content (AvgIpc) is 2.98. The van der Waals surface area contributed by atoms with Gasteiger partial charge in [-0.15, -0.1) is 0 Å². The number of benzene rings is 1. The van der Waals surface area contributed by atoms with E-state index in [4.69, 9.17) is 0 Å². The number of nitrogens with one attached hydrogen (secondary N) is 1. The number of hydrogen-bond donors (Lipinski definition) is 1. The molecular formula is C17H27NOS. The van der Waals surface area contributed by atoms with Gasteiger partial charge in [-0.2, -0.15) is 0 Å². The lowest BCUT2D eigenvalue weighted by molar-refractivity contribution is 0.565. The summed E-state index contributed by atoms with van der Waals surface area (Å²) in [6.45, 7) is 5.31. The van der Waals surface area contributed by atoms with Gasteiger partial charge in [0.05, 0.1) is 0 Å². The van der Waals surface area contributed by atoms with Crippen molar-refractivity contribution in [2.75, 3.05) is 12.3 Å². The van der Waals surface area contributed by atoms with Gasteiger partial charge in [0, 0.05) is 27.8 Å². The van der Waals surface area contributed by atoms with E-state index in [1.165, 1.54) is 24.0 Å². The Morgan fingerprint density at radius 2 is 2.00 bits per heavy atom. The smallest absolute Gasteiger partial charge is 0.0439 e. The first-order valence-corrected chi connectivity index (χ1v) is 9.26. The molecule has 0 heterocycles. The van der Waals surface area contributed by atoms with Gasteiger partial charge in [0.25, 0.3) is 0 Å². The lowest BCUT2D eigenvalue weighted by Gasteiger charge is -2.22. The van der Waals surface area contributed by atoms with Gasteiger partial charge in [0.15, 0.2) is 0 Å². The molecule has 0 aliphatic heterocycles. The first-order chi connectivity index (χ1) is 9.72. The van der Waals surface area contributed by atoms with Crippen LogP contribution in [-0.4, -0.2) is 21.8 Å². The molecule has 0 aromatic heterocycles. The second kappa shape index (κ2) is 7.94. The van der Waals surface area contributed by atoms with Crippen molar-refractivity contribution in [1.29, 1.82) is 0 Å². The molecule has 0 spiro atoms. The zero-order valence-corrected chi connectivity index (χ0v) is 13.5. The molecule has 0 saturated heterocycles. The first-order valence-electron chi connectivity index (χ1n) is 7.88. The van der Waals surface area contributed by atoms with Gasteiger partial charge in [-0.25, -0.2) is 0 Å². The molecule has 112 valence electrons. The summed E-state index contributed by atoms with van der Waals surface area (Å²) in [5.74, 6) is 0.759. The van der Waals surface area contributed by atoms with Crippen LogP contribution in [0.15, 0.2) is 24.3 Å². The number of hydrogen-bond acceptors (Lipinski definition) is 2. The van der Waals surface area contributed by atoms with Crippen molar-refractivity contribution >= 4 is 10.8 Å². The maximum absolute atomic E-state index is 12.6. The topological polar surface area (TPSA) is 29.1 Å². The Kier molecular flexibility index (Phi) is 6.24. The minimum atomic E-state index is -0.700. The zero-order chi connectivity index (χ0) is 14.4.